The third kappa shape index (κ3) is 4.17. The van der Waals surface area contributed by atoms with Gasteiger partial charge in [0.25, 0.3) is 0 Å². The summed E-state index contributed by atoms with van der Waals surface area (Å²) in [6, 6.07) is 0. The van der Waals surface area contributed by atoms with E-state index in [9.17, 15) is 5.11 Å². The van der Waals surface area contributed by atoms with Gasteiger partial charge in [-0.2, -0.15) is 11.8 Å². The zero-order valence-electron chi connectivity index (χ0n) is 9.20. The molecule has 0 bridgehead atoms. The van der Waals surface area contributed by atoms with E-state index in [1.165, 1.54) is 6.42 Å². The van der Waals surface area contributed by atoms with Crippen LogP contribution in [0.5, 0.6) is 0 Å². The first-order chi connectivity index (χ1) is 6.53. The molecule has 3 nitrogen and oxygen atoms in total. The second-order valence-corrected chi connectivity index (χ2v) is 6.35. The quantitative estimate of drug-likeness (QED) is 0.725. The molecule has 0 radical (unpaired) electrons. The lowest BCUT2D eigenvalue weighted by Crippen LogP contribution is -2.38. The first kappa shape index (κ1) is 12.3. The molecule has 0 saturated carbocycles. The van der Waals surface area contributed by atoms with Crippen molar-refractivity contribution in [3.63, 3.8) is 0 Å². The van der Waals surface area contributed by atoms with Gasteiger partial charge < -0.3 is 10.8 Å². The van der Waals surface area contributed by atoms with Gasteiger partial charge in [0.2, 0.25) is 0 Å². The molecule has 1 rings (SSSR count). The molecule has 1 aliphatic rings. The Balaban J connectivity index is 2.35. The van der Waals surface area contributed by atoms with Crippen LogP contribution in [-0.4, -0.2) is 52.8 Å². The molecule has 0 aromatic carbocycles. The third-order valence-corrected chi connectivity index (χ3v) is 4.04. The van der Waals surface area contributed by atoms with Crippen molar-refractivity contribution in [2.45, 2.75) is 31.1 Å². The zero-order chi connectivity index (χ0) is 10.6. The summed E-state index contributed by atoms with van der Waals surface area (Å²) in [5.41, 5.74) is 5.40. The van der Waals surface area contributed by atoms with Gasteiger partial charge in [0.1, 0.15) is 0 Å². The molecule has 1 unspecified atom stereocenters. The lowest BCUT2D eigenvalue weighted by molar-refractivity contribution is 0.121. The van der Waals surface area contributed by atoms with Crippen LogP contribution in [0.25, 0.3) is 0 Å². The normalized spacial score (nSPS) is 25.7. The molecule has 1 fully saturated rings. The van der Waals surface area contributed by atoms with E-state index in [1.807, 2.05) is 11.8 Å². The van der Waals surface area contributed by atoms with Crippen LogP contribution in [-0.2, 0) is 0 Å². The Labute approximate surface area is 91.0 Å². The molecular weight excluding hydrogens is 196 g/mol. The van der Waals surface area contributed by atoms with Crippen LogP contribution in [0.4, 0.5) is 0 Å². The summed E-state index contributed by atoms with van der Waals surface area (Å²) >= 11 is 2.03. The molecule has 14 heavy (non-hydrogen) atoms. The Morgan fingerprint density at radius 1 is 1.50 bits per heavy atom. The van der Waals surface area contributed by atoms with E-state index in [0.29, 0.717) is 11.3 Å². The van der Waals surface area contributed by atoms with Crippen molar-refractivity contribution < 1.29 is 5.11 Å². The monoisotopic (exact) mass is 218 g/mol. The number of nitrogens with zero attached hydrogens (tertiary/aromatic N) is 1. The van der Waals surface area contributed by atoms with Crippen molar-refractivity contribution in [1.82, 2.24) is 4.90 Å². The molecule has 0 amide bonds. The second-order valence-electron chi connectivity index (χ2n) is 4.55. The van der Waals surface area contributed by atoms with E-state index in [0.717, 1.165) is 25.4 Å². The SMILES string of the molecule is CC1(C)CCN(CC(O)CN)CCS1. The Morgan fingerprint density at radius 2 is 2.21 bits per heavy atom. The maximum atomic E-state index is 9.46. The van der Waals surface area contributed by atoms with Crippen molar-refractivity contribution in [2.24, 2.45) is 5.73 Å². The fourth-order valence-electron chi connectivity index (χ4n) is 1.62. The summed E-state index contributed by atoms with van der Waals surface area (Å²) in [5, 5.41) is 9.46. The van der Waals surface area contributed by atoms with Crippen molar-refractivity contribution >= 4 is 11.8 Å². The average Bonchev–Trinajstić information content (AvgIpc) is 2.28. The van der Waals surface area contributed by atoms with Gasteiger partial charge in [-0.05, 0) is 13.0 Å². The van der Waals surface area contributed by atoms with Crippen molar-refractivity contribution in [3.05, 3.63) is 0 Å². The van der Waals surface area contributed by atoms with Gasteiger partial charge in [0, 0.05) is 30.1 Å². The van der Waals surface area contributed by atoms with Gasteiger partial charge >= 0.3 is 0 Å². The lowest BCUT2D eigenvalue weighted by atomic mass is 10.1. The van der Waals surface area contributed by atoms with Crippen molar-refractivity contribution in [1.29, 1.82) is 0 Å². The number of hydrogen-bond donors (Lipinski definition) is 2. The van der Waals surface area contributed by atoms with E-state index >= 15 is 0 Å². The first-order valence-electron chi connectivity index (χ1n) is 5.28. The van der Waals surface area contributed by atoms with Crippen LogP contribution in [0.2, 0.25) is 0 Å². The Morgan fingerprint density at radius 3 is 2.86 bits per heavy atom. The van der Waals surface area contributed by atoms with Crippen molar-refractivity contribution in [2.75, 3.05) is 31.9 Å². The van der Waals surface area contributed by atoms with E-state index in [4.69, 9.17) is 5.73 Å². The fraction of sp³-hybridized carbons (Fsp3) is 1.00. The lowest BCUT2D eigenvalue weighted by Gasteiger charge is -2.23. The topological polar surface area (TPSA) is 49.5 Å². The van der Waals surface area contributed by atoms with E-state index in [2.05, 4.69) is 18.7 Å². The summed E-state index contributed by atoms with van der Waals surface area (Å²) in [5.74, 6) is 1.16. The minimum Gasteiger partial charge on any atom is -0.390 e. The number of nitrogens with two attached hydrogens (primary N) is 1. The molecule has 1 aliphatic heterocycles. The number of aliphatic hydroxyl groups is 1. The first-order valence-corrected chi connectivity index (χ1v) is 6.26. The molecule has 84 valence electrons. The molecule has 0 spiro atoms. The molecule has 1 atom stereocenters. The van der Waals surface area contributed by atoms with Gasteiger partial charge in [-0.25, -0.2) is 0 Å². The fourth-order valence-corrected chi connectivity index (χ4v) is 2.76. The number of thioether (sulfide) groups is 1. The van der Waals surface area contributed by atoms with Crippen molar-refractivity contribution in [3.8, 4) is 0 Å². The molecule has 3 N–H and O–H groups in total. The van der Waals surface area contributed by atoms with Gasteiger partial charge in [-0.3, -0.25) is 4.90 Å². The summed E-state index contributed by atoms with van der Waals surface area (Å²) < 4.78 is 0.391. The average molecular weight is 218 g/mol. The maximum absolute atomic E-state index is 9.46. The largest absolute Gasteiger partial charge is 0.390 e. The van der Waals surface area contributed by atoms with Crippen LogP contribution in [0.3, 0.4) is 0 Å². The summed E-state index contributed by atoms with van der Waals surface area (Å²) in [6.45, 7) is 7.84. The Kier molecular flexibility index (Phi) is 4.70. The summed E-state index contributed by atoms with van der Waals surface area (Å²) in [4.78, 5) is 2.32. The smallest absolute Gasteiger partial charge is 0.0789 e. The standard InChI is InChI=1S/C10H22N2OS/c1-10(2)3-4-12(5-6-14-10)8-9(13)7-11/h9,13H,3-8,11H2,1-2H3. The van der Waals surface area contributed by atoms with Crippen LogP contribution in [0, 0.1) is 0 Å². The highest BCUT2D eigenvalue weighted by molar-refractivity contribution is 8.00. The molecule has 0 aromatic heterocycles. The number of rotatable bonds is 3. The molecular formula is C10H22N2OS. The van der Waals surface area contributed by atoms with E-state index < -0.39 is 0 Å². The van der Waals surface area contributed by atoms with Gasteiger partial charge in [-0.1, -0.05) is 13.8 Å². The molecule has 1 saturated heterocycles. The third-order valence-electron chi connectivity index (χ3n) is 2.67. The van der Waals surface area contributed by atoms with Gasteiger partial charge in [0.15, 0.2) is 0 Å². The highest BCUT2D eigenvalue weighted by Gasteiger charge is 2.24. The van der Waals surface area contributed by atoms with Crippen LogP contribution in [0.1, 0.15) is 20.3 Å². The predicted octanol–water partition coefficient (Wildman–Crippen LogP) is 0.524. The van der Waals surface area contributed by atoms with Crippen LogP contribution < -0.4 is 5.73 Å². The number of hydrogen-bond acceptors (Lipinski definition) is 4. The highest BCUT2D eigenvalue weighted by atomic mass is 32.2. The highest BCUT2D eigenvalue weighted by Crippen LogP contribution is 2.30. The second kappa shape index (κ2) is 5.35. The molecule has 0 aliphatic carbocycles. The molecule has 1 heterocycles. The predicted molar refractivity (Wildman–Crippen MR) is 62.7 cm³/mol. The molecule has 4 heteroatoms. The minimum absolute atomic E-state index is 0.360. The van der Waals surface area contributed by atoms with Gasteiger partial charge in [0.05, 0.1) is 6.10 Å². The maximum Gasteiger partial charge on any atom is 0.0789 e. The van der Waals surface area contributed by atoms with E-state index in [1.54, 1.807) is 0 Å². The van der Waals surface area contributed by atoms with Crippen LogP contribution >= 0.6 is 11.8 Å². The molecule has 0 aromatic rings. The number of β-amino-alcohol motifs (C(OH)–C–C–N with tert-alkyl or cyclic N) is 1. The van der Waals surface area contributed by atoms with Crippen LogP contribution in [0.15, 0.2) is 0 Å². The minimum atomic E-state index is -0.360. The number of aliphatic hydroxyl groups excluding tert-OH is 1. The summed E-state index contributed by atoms with van der Waals surface area (Å²) in [7, 11) is 0. The Hall–Kier alpha value is 0.230. The zero-order valence-corrected chi connectivity index (χ0v) is 10.0. The Bertz CT molecular complexity index is 176. The van der Waals surface area contributed by atoms with Gasteiger partial charge in [-0.15, -0.1) is 0 Å². The van der Waals surface area contributed by atoms with E-state index in [-0.39, 0.29) is 6.10 Å². The summed E-state index contributed by atoms with van der Waals surface area (Å²) in [6.07, 6.45) is 0.829.